The number of fused-ring (bicyclic) bond motifs is 1. The Hall–Kier alpha value is -3.82. The van der Waals surface area contributed by atoms with E-state index in [9.17, 15) is 9.90 Å². The van der Waals surface area contributed by atoms with Crippen LogP contribution in [0.25, 0.3) is 22.2 Å². The van der Waals surface area contributed by atoms with Crippen LogP contribution in [0.3, 0.4) is 0 Å². The van der Waals surface area contributed by atoms with Crippen molar-refractivity contribution in [2.45, 2.75) is 6.92 Å². The lowest BCUT2D eigenvalue weighted by Crippen LogP contribution is -2.00. The second kappa shape index (κ2) is 7.30. The number of aromatic amines is 1. The number of ether oxygens (including phenoxy) is 1. The normalized spacial score (nSPS) is 10.7. The fourth-order valence-corrected chi connectivity index (χ4v) is 3.28. The Labute approximate surface area is 171 Å². The number of carboxylic acids is 1. The molecule has 0 amide bonds. The van der Waals surface area contributed by atoms with Crippen LogP contribution in [0.4, 0.5) is 0 Å². The van der Waals surface area contributed by atoms with E-state index >= 15 is 0 Å². The van der Waals surface area contributed by atoms with Crippen LogP contribution in [0.1, 0.15) is 21.5 Å². The highest BCUT2D eigenvalue weighted by molar-refractivity contribution is 6.34. The minimum absolute atomic E-state index is 0.171. The van der Waals surface area contributed by atoms with Crippen LogP contribution in [0.2, 0.25) is 5.02 Å². The summed E-state index contributed by atoms with van der Waals surface area (Å²) in [5, 5.41) is 18.7. The summed E-state index contributed by atoms with van der Waals surface area (Å²) in [6.45, 7) is 1.72. The van der Waals surface area contributed by atoms with Crippen LogP contribution in [-0.4, -0.2) is 21.0 Å². The van der Waals surface area contributed by atoms with Crippen molar-refractivity contribution in [2.24, 2.45) is 0 Å². The van der Waals surface area contributed by atoms with E-state index in [2.05, 4.69) is 16.0 Å². The van der Waals surface area contributed by atoms with Gasteiger partial charge >= 0.3 is 5.97 Å². The first-order valence-electron chi connectivity index (χ1n) is 8.66. The fraction of sp³-hybridized carbons (Fsp3) is 0.0455. The molecule has 4 rings (SSSR count). The van der Waals surface area contributed by atoms with Crippen LogP contribution in [0.5, 0.6) is 11.8 Å². The van der Waals surface area contributed by atoms with E-state index in [0.29, 0.717) is 32.9 Å². The molecule has 0 atom stereocenters. The Morgan fingerprint density at radius 3 is 2.62 bits per heavy atom. The predicted molar refractivity (Wildman–Crippen MR) is 109 cm³/mol. The molecule has 1 aromatic heterocycles. The van der Waals surface area contributed by atoms with Crippen molar-refractivity contribution >= 4 is 28.6 Å². The average Bonchev–Trinajstić information content (AvgIpc) is 3.09. The van der Waals surface area contributed by atoms with Crippen molar-refractivity contribution in [3.63, 3.8) is 0 Å². The van der Waals surface area contributed by atoms with Crippen LogP contribution in [-0.2, 0) is 0 Å². The number of imidazole rings is 1. The summed E-state index contributed by atoms with van der Waals surface area (Å²) in [7, 11) is 0. The van der Waals surface area contributed by atoms with Crippen molar-refractivity contribution < 1.29 is 14.6 Å². The Bertz CT molecular complexity index is 1290. The van der Waals surface area contributed by atoms with Crippen molar-refractivity contribution in [3.05, 3.63) is 76.3 Å². The van der Waals surface area contributed by atoms with Gasteiger partial charge in [-0.2, -0.15) is 10.2 Å². The SMILES string of the molecule is Cc1ccc(Oc2nc3cc(-c4ccc(C#N)cc4)c(Cl)cc3[nH]2)cc1C(=O)O. The van der Waals surface area contributed by atoms with Gasteiger partial charge in [-0.1, -0.05) is 29.8 Å². The number of aryl methyl sites for hydroxylation is 1. The molecule has 0 aliphatic rings. The monoisotopic (exact) mass is 403 g/mol. The number of aromatic carboxylic acids is 1. The summed E-state index contributed by atoms with van der Waals surface area (Å²) in [5.74, 6) is -0.651. The number of nitrogens with one attached hydrogen (secondary N) is 1. The molecule has 142 valence electrons. The van der Waals surface area contributed by atoms with Crippen molar-refractivity contribution in [1.29, 1.82) is 5.26 Å². The lowest BCUT2D eigenvalue weighted by molar-refractivity contribution is 0.0695. The van der Waals surface area contributed by atoms with E-state index in [0.717, 1.165) is 11.1 Å². The predicted octanol–water partition coefficient (Wildman–Crippen LogP) is 5.55. The first-order valence-corrected chi connectivity index (χ1v) is 9.04. The molecule has 0 bridgehead atoms. The van der Waals surface area contributed by atoms with Gasteiger partial charge in [-0.3, -0.25) is 0 Å². The van der Waals surface area contributed by atoms with Crippen molar-refractivity contribution in [2.75, 3.05) is 0 Å². The highest BCUT2D eigenvalue weighted by Crippen LogP contribution is 2.33. The van der Waals surface area contributed by atoms with Crippen molar-refractivity contribution in [3.8, 4) is 29.0 Å². The summed E-state index contributed by atoms with van der Waals surface area (Å²) in [5.41, 5.74) is 4.37. The third-order valence-corrected chi connectivity index (χ3v) is 4.84. The molecule has 0 radical (unpaired) electrons. The van der Waals surface area contributed by atoms with Gasteiger partial charge < -0.3 is 14.8 Å². The number of hydrogen-bond acceptors (Lipinski definition) is 4. The molecule has 4 aromatic rings. The van der Waals surface area contributed by atoms with Crippen LogP contribution in [0, 0.1) is 18.3 Å². The molecule has 0 aliphatic carbocycles. The molecule has 29 heavy (non-hydrogen) atoms. The highest BCUT2D eigenvalue weighted by atomic mass is 35.5. The Morgan fingerprint density at radius 2 is 1.93 bits per heavy atom. The van der Waals surface area contributed by atoms with Gasteiger partial charge in [-0.05, 0) is 54.4 Å². The van der Waals surface area contributed by atoms with Crippen molar-refractivity contribution in [1.82, 2.24) is 9.97 Å². The second-order valence-corrected chi connectivity index (χ2v) is 6.87. The number of H-pyrrole nitrogens is 1. The number of benzene rings is 3. The Balaban J connectivity index is 1.69. The molecule has 0 aliphatic heterocycles. The summed E-state index contributed by atoms with van der Waals surface area (Å²) in [6.07, 6.45) is 0. The topological polar surface area (TPSA) is 99.0 Å². The largest absolute Gasteiger partial charge is 0.478 e. The summed E-state index contributed by atoms with van der Waals surface area (Å²) in [4.78, 5) is 18.8. The number of nitrogens with zero attached hydrogens (tertiary/aromatic N) is 2. The molecule has 0 saturated heterocycles. The molecular weight excluding hydrogens is 390 g/mol. The van der Waals surface area contributed by atoms with Gasteiger partial charge in [-0.15, -0.1) is 0 Å². The lowest BCUT2D eigenvalue weighted by Gasteiger charge is -2.05. The van der Waals surface area contributed by atoms with E-state index < -0.39 is 5.97 Å². The first-order chi connectivity index (χ1) is 13.9. The Kier molecular flexibility index (Phi) is 4.67. The van der Waals surface area contributed by atoms with Gasteiger partial charge in [0.05, 0.1) is 33.3 Å². The number of hydrogen-bond donors (Lipinski definition) is 2. The van der Waals surface area contributed by atoms with Crippen LogP contribution < -0.4 is 4.74 Å². The minimum Gasteiger partial charge on any atom is -0.478 e. The standard InChI is InChI=1S/C22H14ClN3O3/c1-12-2-7-15(8-16(12)21(27)28)29-22-25-19-9-17(18(23)10-20(19)26-22)14-5-3-13(11-24)4-6-14/h2-10H,1H3,(H,25,26)(H,27,28). The van der Waals surface area contributed by atoms with Gasteiger partial charge in [-0.25, -0.2) is 4.79 Å². The number of aromatic nitrogens is 2. The maximum Gasteiger partial charge on any atom is 0.336 e. The molecule has 0 fully saturated rings. The summed E-state index contributed by atoms with van der Waals surface area (Å²) in [6, 6.07) is 17.8. The smallest absolute Gasteiger partial charge is 0.336 e. The zero-order valence-corrected chi connectivity index (χ0v) is 16.0. The third-order valence-electron chi connectivity index (χ3n) is 4.53. The van der Waals surface area contributed by atoms with E-state index in [4.69, 9.17) is 21.6 Å². The average molecular weight is 404 g/mol. The van der Waals surface area contributed by atoms with Gasteiger partial charge in [0.1, 0.15) is 5.75 Å². The van der Waals surface area contributed by atoms with E-state index in [1.165, 1.54) is 6.07 Å². The fourth-order valence-electron chi connectivity index (χ4n) is 3.01. The molecule has 0 unspecified atom stereocenters. The van der Waals surface area contributed by atoms with Gasteiger partial charge in [0.25, 0.3) is 6.01 Å². The quantitative estimate of drug-likeness (QED) is 0.465. The number of rotatable bonds is 4. The second-order valence-electron chi connectivity index (χ2n) is 6.46. The van der Waals surface area contributed by atoms with Gasteiger partial charge in [0, 0.05) is 5.56 Å². The summed E-state index contributed by atoms with van der Waals surface area (Å²) >= 11 is 6.44. The van der Waals surface area contributed by atoms with E-state index in [1.807, 2.05) is 18.2 Å². The molecule has 0 spiro atoms. The van der Waals surface area contributed by atoms with E-state index in [-0.39, 0.29) is 11.6 Å². The maximum atomic E-state index is 11.3. The molecule has 6 nitrogen and oxygen atoms in total. The number of carbonyl (C=O) groups is 1. The first kappa shape index (κ1) is 18.5. The third kappa shape index (κ3) is 3.64. The lowest BCUT2D eigenvalue weighted by atomic mass is 10.0. The molecular formula is C22H14ClN3O3. The van der Waals surface area contributed by atoms with E-state index in [1.54, 1.807) is 37.3 Å². The van der Waals surface area contributed by atoms with Gasteiger partial charge in [0.15, 0.2) is 0 Å². The van der Waals surface area contributed by atoms with Crippen LogP contribution in [0.15, 0.2) is 54.6 Å². The zero-order valence-electron chi connectivity index (χ0n) is 15.2. The zero-order chi connectivity index (χ0) is 20.5. The number of halogens is 1. The molecule has 3 aromatic carbocycles. The highest BCUT2D eigenvalue weighted by Gasteiger charge is 2.13. The summed E-state index contributed by atoms with van der Waals surface area (Å²) < 4.78 is 5.72. The molecule has 0 saturated carbocycles. The minimum atomic E-state index is -1.02. The maximum absolute atomic E-state index is 11.3. The molecule has 7 heteroatoms. The van der Waals surface area contributed by atoms with Crippen LogP contribution >= 0.6 is 11.6 Å². The number of carboxylic acid groups (broad SMARTS) is 1. The number of nitriles is 1. The van der Waals surface area contributed by atoms with Gasteiger partial charge in [0.2, 0.25) is 0 Å². The molecule has 1 heterocycles. The Morgan fingerprint density at radius 1 is 1.17 bits per heavy atom. The molecule has 2 N–H and O–H groups in total.